The molecule has 0 bridgehead atoms. The Labute approximate surface area is 112 Å². The lowest BCUT2D eigenvalue weighted by atomic mass is 10.2. The molecule has 1 heterocycles. The second-order valence-corrected chi connectivity index (χ2v) is 6.05. The van der Waals surface area contributed by atoms with Crippen LogP contribution in [0.15, 0.2) is 15.2 Å². The quantitative estimate of drug-likeness (QED) is 0.877. The van der Waals surface area contributed by atoms with Crippen molar-refractivity contribution < 1.29 is 14.7 Å². The molecule has 0 aliphatic heterocycles. The predicted molar refractivity (Wildman–Crippen MR) is 70.0 cm³/mol. The van der Waals surface area contributed by atoms with Crippen molar-refractivity contribution in [2.75, 3.05) is 7.05 Å². The number of rotatable bonds is 6. The van der Waals surface area contributed by atoms with Crippen molar-refractivity contribution in [3.63, 3.8) is 0 Å². The van der Waals surface area contributed by atoms with Gasteiger partial charge in [0, 0.05) is 26.4 Å². The highest BCUT2D eigenvalue weighted by molar-refractivity contribution is 9.11. The van der Waals surface area contributed by atoms with Gasteiger partial charge in [0.1, 0.15) is 0 Å². The summed E-state index contributed by atoms with van der Waals surface area (Å²) < 4.78 is 1.04. The third-order valence-corrected chi connectivity index (χ3v) is 3.80. The average molecular weight is 320 g/mol. The summed E-state index contributed by atoms with van der Waals surface area (Å²) in [5.41, 5.74) is 1.08. The Kier molecular flexibility index (Phi) is 5.64. The summed E-state index contributed by atoms with van der Waals surface area (Å²) >= 11 is 4.95. The summed E-state index contributed by atoms with van der Waals surface area (Å²) in [5, 5.41) is 10.5. The van der Waals surface area contributed by atoms with E-state index in [4.69, 9.17) is 5.11 Å². The van der Waals surface area contributed by atoms with Crippen molar-refractivity contribution >= 4 is 39.1 Å². The fourth-order valence-electron chi connectivity index (χ4n) is 1.37. The van der Waals surface area contributed by atoms with Crippen molar-refractivity contribution in [1.29, 1.82) is 0 Å². The van der Waals surface area contributed by atoms with Gasteiger partial charge in [-0.05, 0) is 39.4 Å². The van der Waals surface area contributed by atoms with Crippen LogP contribution in [0.1, 0.15) is 24.8 Å². The number of halogens is 1. The zero-order valence-electron chi connectivity index (χ0n) is 9.48. The number of carboxylic acid groups (broad SMARTS) is 1. The number of amides is 1. The van der Waals surface area contributed by atoms with Crippen LogP contribution in [0, 0.1) is 0 Å². The number of hydrogen-bond donors (Lipinski definition) is 1. The summed E-state index contributed by atoms with van der Waals surface area (Å²) in [6.07, 6.45) is 0.726. The van der Waals surface area contributed by atoms with Crippen LogP contribution in [-0.2, 0) is 16.1 Å². The number of aliphatic carboxylic acids is 1. The molecule has 0 aromatic carbocycles. The van der Waals surface area contributed by atoms with Crippen LogP contribution in [0.3, 0.4) is 0 Å². The Hall–Kier alpha value is -0.880. The lowest BCUT2D eigenvalue weighted by Gasteiger charge is -2.16. The molecule has 0 aliphatic carbocycles. The molecule has 1 N–H and O–H groups in total. The Balaban J connectivity index is 2.34. The maximum atomic E-state index is 11.7. The maximum absolute atomic E-state index is 11.7. The minimum Gasteiger partial charge on any atom is -0.481 e. The number of carbonyl (C=O) groups is 2. The Morgan fingerprint density at radius 1 is 1.47 bits per heavy atom. The Morgan fingerprint density at radius 3 is 2.71 bits per heavy atom. The maximum Gasteiger partial charge on any atom is 0.303 e. The SMILES string of the molecule is CN(Cc1csc(Br)c1)C(=O)CCCC(=O)O. The van der Waals surface area contributed by atoms with Gasteiger partial charge < -0.3 is 10.0 Å². The van der Waals surface area contributed by atoms with E-state index in [-0.39, 0.29) is 18.7 Å². The van der Waals surface area contributed by atoms with E-state index in [1.54, 1.807) is 23.3 Å². The first-order chi connectivity index (χ1) is 7.99. The van der Waals surface area contributed by atoms with Crippen molar-refractivity contribution in [1.82, 2.24) is 4.90 Å². The Morgan fingerprint density at radius 2 is 2.18 bits per heavy atom. The monoisotopic (exact) mass is 319 g/mol. The summed E-state index contributed by atoms with van der Waals surface area (Å²) in [7, 11) is 1.73. The van der Waals surface area contributed by atoms with Gasteiger partial charge in [-0.2, -0.15) is 0 Å². The molecule has 0 atom stereocenters. The molecule has 0 saturated heterocycles. The van der Waals surface area contributed by atoms with Crippen LogP contribution in [0.2, 0.25) is 0 Å². The molecule has 0 radical (unpaired) electrons. The van der Waals surface area contributed by atoms with Crippen molar-refractivity contribution in [3.8, 4) is 0 Å². The molecule has 0 fully saturated rings. The normalized spacial score (nSPS) is 10.2. The van der Waals surface area contributed by atoms with E-state index < -0.39 is 5.97 Å². The first-order valence-electron chi connectivity index (χ1n) is 5.17. The Bertz CT molecular complexity index is 405. The standard InChI is InChI=1S/C11H14BrNO3S/c1-13(6-8-5-9(12)17-7-8)10(14)3-2-4-11(15)16/h5,7H,2-4,6H2,1H3,(H,15,16). The molecule has 1 aromatic rings. The molecular weight excluding hydrogens is 306 g/mol. The number of carbonyl (C=O) groups excluding carboxylic acids is 1. The summed E-state index contributed by atoms with van der Waals surface area (Å²) in [5.74, 6) is -0.879. The van der Waals surface area contributed by atoms with Gasteiger partial charge in [-0.3, -0.25) is 9.59 Å². The zero-order valence-corrected chi connectivity index (χ0v) is 11.9. The fourth-order valence-corrected chi connectivity index (χ4v) is 2.57. The molecular formula is C11H14BrNO3S. The van der Waals surface area contributed by atoms with Crippen molar-refractivity contribution in [3.05, 3.63) is 20.8 Å². The molecule has 0 saturated carbocycles. The third-order valence-electron chi connectivity index (χ3n) is 2.25. The largest absolute Gasteiger partial charge is 0.481 e. The molecule has 94 valence electrons. The van der Waals surface area contributed by atoms with Crippen LogP contribution < -0.4 is 0 Å². The fraction of sp³-hybridized carbons (Fsp3) is 0.455. The predicted octanol–water partition coefficient (Wildman–Crippen LogP) is 2.72. The lowest BCUT2D eigenvalue weighted by molar-refractivity contribution is -0.137. The van der Waals surface area contributed by atoms with Gasteiger partial charge in [-0.25, -0.2) is 0 Å². The van der Waals surface area contributed by atoms with Gasteiger partial charge in [0.25, 0.3) is 0 Å². The zero-order chi connectivity index (χ0) is 12.8. The van der Waals surface area contributed by atoms with E-state index >= 15 is 0 Å². The van der Waals surface area contributed by atoms with Gasteiger partial charge in [0.15, 0.2) is 0 Å². The van der Waals surface area contributed by atoms with Crippen molar-refractivity contribution in [2.24, 2.45) is 0 Å². The number of hydrogen-bond acceptors (Lipinski definition) is 3. The minimum atomic E-state index is -0.859. The highest BCUT2D eigenvalue weighted by atomic mass is 79.9. The summed E-state index contributed by atoms with van der Waals surface area (Å²) in [4.78, 5) is 23.6. The summed E-state index contributed by atoms with van der Waals surface area (Å²) in [6.45, 7) is 0.563. The second-order valence-electron chi connectivity index (χ2n) is 3.76. The molecule has 0 unspecified atom stereocenters. The van der Waals surface area contributed by atoms with Crippen LogP contribution in [0.5, 0.6) is 0 Å². The molecule has 1 aromatic heterocycles. The molecule has 1 rings (SSSR count). The van der Waals surface area contributed by atoms with Crippen LogP contribution in [-0.4, -0.2) is 28.9 Å². The number of nitrogens with zero attached hydrogens (tertiary/aromatic N) is 1. The first-order valence-corrected chi connectivity index (χ1v) is 6.85. The minimum absolute atomic E-state index is 0.0198. The molecule has 17 heavy (non-hydrogen) atoms. The molecule has 4 nitrogen and oxygen atoms in total. The molecule has 0 spiro atoms. The van der Waals surface area contributed by atoms with Gasteiger partial charge in [0.2, 0.25) is 5.91 Å². The lowest BCUT2D eigenvalue weighted by Crippen LogP contribution is -2.25. The third kappa shape index (κ3) is 5.32. The van der Waals surface area contributed by atoms with E-state index in [9.17, 15) is 9.59 Å². The smallest absolute Gasteiger partial charge is 0.303 e. The topological polar surface area (TPSA) is 57.6 Å². The van der Waals surface area contributed by atoms with Crippen LogP contribution in [0.4, 0.5) is 0 Å². The number of thiophene rings is 1. The van der Waals surface area contributed by atoms with Crippen LogP contribution >= 0.6 is 27.3 Å². The average Bonchev–Trinajstić information content (AvgIpc) is 2.63. The summed E-state index contributed by atoms with van der Waals surface area (Å²) in [6, 6.07) is 1.98. The molecule has 1 amide bonds. The van der Waals surface area contributed by atoms with E-state index in [0.717, 1.165) is 9.35 Å². The molecule has 6 heteroatoms. The highest BCUT2D eigenvalue weighted by Crippen LogP contribution is 2.21. The van der Waals surface area contributed by atoms with Gasteiger partial charge in [-0.1, -0.05) is 0 Å². The second kappa shape index (κ2) is 6.76. The van der Waals surface area contributed by atoms with E-state index in [1.165, 1.54) is 0 Å². The van der Waals surface area contributed by atoms with E-state index in [2.05, 4.69) is 15.9 Å². The highest BCUT2D eigenvalue weighted by Gasteiger charge is 2.10. The molecule has 0 aliphatic rings. The number of carboxylic acids is 1. The van der Waals surface area contributed by atoms with Crippen molar-refractivity contribution in [2.45, 2.75) is 25.8 Å². The first kappa shape index (κ1) is 14.2. The van der Waals surface area contributed by atoms with Gasteiger partial charge in [-0.15, -0.1) is 11.3 Å². The van der Waals surface area contributed by atoms with Gasteiger partial charge in [0.05, 0.1) is 3.79 Å². The van der Waals surface area contributed by atoms with E-state index in [1.807, 2.05) is 11.4 Å². The van der Waals surface area contributed by atoms with Gasteiger partial charge >= 0.3 is 5.97 Å². The van der Waals surface area contributed by atoms with Crippen LogP contribution in [0.25, 0.3) is 0 Å². The van der Waals surface area contributed by atoms with E-state index in [0.29, 0.717) is 13.0 Å².